The van der Waals surface area contributed by atoms with Crippen LogP contribution in [0.15, 0.2) is 77.7 Å². The van der Waals surface area contributed by atoms with Gasteiger partial charge in [-0.05, 0) is 54.8 Å². The van der Waals surface area contributed by atoms with Gasteiger partial charge in [0.15, 0.2) is 5.13 Å². The number of halogens is 1. The van der Waals surface area contributed by atoms with E-state index in [2.05, 4.69) is 21.1 Å². The molecule has 33 heavy (non-hydrogen) atoms. The maximum Gasteiger partial charge on any atom is 0.261 e. The molecular formula is C24H18FN3O3S2. The summed E-state index contributed by atoms with van der Waals surface area (Å²) in [7, 11) is -4.00. The van der Waals surface area contributed by atoms with Crippen LogP contribution in [0.1, 0.15) is 20.8 Å². The standard InChI is InChI=1S/C24H18FN3O3S2/c25-16-10-12-17(13-11-16)33(30,31)28-20-8-4-3-7-19(20)23(29)27-24-26-22-18-6-2-1-5-15(18)9-14-21(22)32-24/h1-8,10-13,28H,9,14H2,(H,26,27,29). The number of para-hydroxylation sites is 1. The van der Waals surface area contributed by atoms with Gasteiger partial charge in [0.05, 0.1) is 21.8 Å². The van der Waals surface area contributed by atoms with Crippen molar-refractivity contribution in [1.29, 1.82) is 0 Å². The summed E-state index contributed by atoms with van der Waals surface area (Å²) in [6, 6.07) is 18.8. The number of nitrogens with zero attached hydrogens (tertiary/aromatic N) is 1. The highest BCUT2D eigenvalue weighted by atomic mass is 32.2. The molecule has 166 valence electrons. The number of aryl methyl sites for hydroxylation is 2. The van der Waals surface area contributed by atoms with Gasteiger partial charge in [-0.2, -0.15) is 0 Å². The SMILES string of the molecule is O=C(Nc1nc2c(s1)CCc1ccccc1-2)c1ccccc1NS(=O)(=O)c1ccc(F)cc1. The minimum Gasteiger partial charge on any atom is -0.298 e. The first-order valence-corrected chi connectivity index (χ1v) is 12.5. The number of anilines is 2. The van der Waals surface area contributed by atoms with Crippen LogP contribution in [-0.4, -0.2) is 19.3 Å². The lowest BCUT2D eigenvalue weighted by Gasteiger charge is -2.13. The highest BCUT2D eigenvalue weighted by molar-refractivity contribution is 7.92. The number of benzene rings is 3. The molecule has 0 saturated carbocycles. The molecule has 0 bridgehead atoms. The van der Waals surface area contributed by atoms with Gasteiger partial charge in [0.2, 0.25) is 0 Å². The molecule has 5 rings (SSSR count). The number of hydrogen-bond donors (Lipinski definition) is 2. The molecule has 0 spiro atoms. The van der Waals surface area contributed by atoms with Gasteiger partial charge in [0.1, 0.15) is 5.82 Å². The molecule has 0 radical (unpaired) electrons. The Kier molecular flexibility index (Phi) is 5.43. The normalized spacial score (nSPS) is 12.5. The Morgan fingerprint density at radius 2 is 1.67 bits per heavy atom. The molecule has 0 fully saturated rings. The number of nitrogens with one attached hydrogen (secondary N) is 2. The average molecular weight is 480 g/mol. The molecule has 9 heteroatoms. The van der Waals surface area contributed by atoms with Crippen LogP contribution in [0.5, 0.6) is 0 Å². The highest BCUT2D eigenvalue weighted by Gasteiger charge is 2.23. The summed E-state index contributed by atoms with van der Waals surface area (Å²) in [5.74, 6) is -1.02. The van der Waals surface area contributed by atoms with E-state index < -0.39 is 21.7 Å². The molecule has 1 aliphatic carbocycles. The second-order valence-electron chi connectivity index (χ2n) is 7.51. The van der Waals surface area contributed by atoms with Crippen molar-refractivity contribution in [2.24, 2.45) is 0 Å². The van der Waals surface area contributed by atoms with Gasteiger partial charge < -0.3 is 0 Å². The summed E-state index contributed by atoms with van der Waals surface area (Å²) in [5, 5.41) is 3.26. The summed E-state index contributed by atoms with van der Waals surface area (Å²) >= 11 is 1.42. The summed E-state index contributed by atoms with van der Waals surface area (Å²) in [6.45, 7) is 0. The number of amides is 1. The predicted molar refractivity (Wildman–Crippen MR) is 127 cm³/mol. The topological polar surface area (TPSA) is 88.2 Å². The molecule has 0 unspecified atom stereocenters. The quantitative estimate of drug-likeness (QED) is 0.417. The lowest BCUT2D eigenvalue weighted by molar-refractivity contribution is 0.102. The summed E-state index contributed by atoms with van der Waals surface area (Å²) in [6.07, 6.45) is 1.78. The van der Waals surface area contributed by atoms with Crippen LogP contribution in [0.25, 0.3) is 11.3 Å². The van der Waals surface area contributed by atoms with Gasteiger partial charge in [-0.15, -0.1) is 11.3 Å². The maximum atomic E-state index is 13.2. The molecule has 2 N–H and O–H groups in total. The van der Waals surface area contributed by atoms with E-state index in [0.717, 1.165) is 53.2 Å². The van der Waals surface area contributed by atoms with Crippen LogP contribution in [0.4, 0.5) is 15.2 Å². The molecule has 1 aromatic heterocycles. The van der Waals surface area contributed by atoms with Crippen molar-refractivity contribution in [2.45, 2.75) is 17.7 Å². The average Bonchev–Trinajstić information content (AvgIpc) is 3.22. The molecule has 1 amide bonds. The summed E-state index contributed by atoms with van der Waals surface area (Å²) in [4.78, 5) is 18.7. The van der Waals surface area contributed by atoms with E-state index in [1.165, 1.54) is 29.0 Å². The molecule has 0 aliphatic heterocycles. The Hall–Kier alpha value is -3.56. The third-order valence-electron chi connectivity index (χ3n) is 5.35. The van der Waals surface area contributed by atoms with Crippen molar-refractivity contribution in [2.75, 3.05) is 10.0 Å². The zero-order valence-corrected chi connectivity index (χ0v) is 18.8. The lowest BCUT2D eigenvalue weighted by atomic mass is 9.94. The number of thiazole rings is 1. The monoisotopic (exact) mass is 479 g/mol. The van der Waals surface area contributed by atoms with Crippen LogP contribution in [0.2, 0.25) is 0 Å². The van der Waals surface area contributed by atoms with Crippen LogP contribution in [0, 0.1) is 5.82 Å². The first-order chi connectivity index (χ1) is 15.9. The Labute approximate surface area is 194 Å². The number of rotatable bonds is 5. The molecule has 0 saturated heterocycles. The van der Waals surface area contributed by atoms with Crippen molar-refractivity contribution >= 4 is 38.1 Å². The smallest absolute Gasteiger partial charge is 0.261 e. The maximum absolute atomic E-state index is 13.2. The molecular weight excluding hydrogens is 461 g/mol. The van der Waals surface area contributed by atoms with Gasteiger partial charge in [-0.1, -0.05) is 36.4 Å². The van der Waals surface area contributed by atoms with Crippen LogP contribution >= 0.6 is 11.3 Å². The van der Waals surface area contributed by atoms with E-state index >= 15 is 0 Å². The third kappa shape index (κ3) is 4.24. The third-order valence-corrected chi connectivity index (χ3v) is 7.76. The van der Waals surface area contributed by atoms with Crippen LogP contribution < -0.4 is 10.0 Å². The second-order valence-corrected chi connectivity index (χ2v) is 10.3. The summed E-state index contributed by atoms with van der Waals surface area (Å²) in [5.41, 5.74) is 3.45. The number of carbonyl (C=O) groups is 1. The van der Waals surface area contributed by atoms with Crippen molar-refractivity contribution in [3.8, 4) is 11.3 Å². The molecule has 1 heterocycles. The number of fused-ring (bicyclic) bond motifs is 3. The van der Waals surface area contributed by atoms with E-state index in [9.17, 15) is 17.6 Å². The number of hydrogen-bond acceptors (Lipinski definition) is 5. The van der Waals surface area contributed by atoms with Gasteiger partial charge in [-0.25, -0.2) is 17.8 Å². The lowest BCUT2D eigenvalue weighted by Crippen LogP contribution is -2.18. The Morgan fingerprint density at radius 3 is 2.48 bits per heavy atom. The largest absolute Gasteiger partial charge is 0.298 e. The van der Waals surface area contributed by atoms with Gasteiger partial charge in [-0.3, -0.25) is 14.8 Å². The van der Waals surface area contributed by atoms with Crippen LogP contribution in [0.3, 0.4) is 0 Å². The fourth-order valence-electron chi connectivity index (χ4n) is 3.75. The summed E-state index contributed by atoms with van der Waals surface area (Å²) < 4.78 is 41.0. The molecule has 3 aromatic carbocycles. The van der Waals surface area contributed by atoms with Crippen molar-refractivity contribution in [3.05, 3.63) is 94.6 Å². The van der Waals surface area contributed by atoms with Crippen molar-refractivity contribution in [1.82, 2.24) is 4.98 Å². The van der Waals surface area contributed by atoms with Crippen molar-refractivity contribution in [3.63, 3.8) is 0 Å². The minimum absolute atomic E-state index is 0.106. The zero-order chi connectivity index (χ0) is 23.0. The molecule has 1 aliphatic rings. The fraction of sp³-hybridized carbons (Fsp3) is 0.0833. The van der Waals surface area contributed by atoms with Crippen molar-refractivity contribution < 1.29 is 17.6 Å². The van der Waals surface area contributed by atoms with E-state index in [1.807, 2.05) is 18.2 Å². The number of aromatic nitrogens is 1. The fourth-order valence-corrected chi connectivity index (χ4v) is 5.80. The zero-order valence-electron chi connectivity index (χ0n) is 17.2. The van der Waals surface area contributed by atoms with E-state index in [4.69, 9.17) is 0 Å². The number of carbonyl (C=O) groups excluding carboxylic acids is 1. The minimum atomic E-state index is -4.00. The van der Waals surface area contributed by atoms with E-state index in [1.54, 1.807) is 12.1 Å². The van der Waals surface area contributed by atoms with Crippen LogP contribution in [-0.2, 0) is 22.9 Å². The van der Waals surface area contributed by atoms with Gasteiger partial charge in [0, 0.05) is 10.4 Å². The molecule has 0 atom stereocenters. The Bertz CT molecular complexity index is 1460. The second kappa shape index (κ2) is 8.42. The Balaban J connectivity index is 1.40. The first kappa shape index (κ1) is 21.3. The predicted octanol–water partition coefficient (Wildman–Crippen LogP) is 5.10. The first-order valence-electron chi connectivity index (χ1n) is 10.2. The molecule has 6 nitrogen and oxygen atoms in total. The van der Waals surface area contributed by atoms with E-state index in [-0.39, 0.29) is 16.1 Å². The molecule has 4 aromatic rings. The van der Waals surface area contributed by atoms with E-state index in [0.29, 0.717) is 5.13 Å². The van der Waals surface area contributed by atoms with Gasteiger partial charge >= 0.3 is 0 Å². The highest BCUT2D eigenvalue weighted by Crippen LogP contribution is 2.38. The Morgan fingerprint density at radius 1 is 0.939 bits per heavy atom. The van der Waals surface area contributed by atoms with Gasteiger partial charge in [0.25, 0.3) is 15.9 Å². The number of sulfonamides is 1.